The zero-order valence-electron chi connectivity index (χ0n) is 15.7. The lowest BCUT2D eigenvalue weighted by molar-refractivity contribution is 0.0314. The Morgan fingerprint density at radius 3 is 3.00 bits per heavy atom. The van der Waals surface area contributed by atoms with E-state index < -0.39 is 0 Å². The molecule has 4 rings (SSSR count). The molecule has 0 N–H and O–H groups in total. The standard InChI is InChI=1S/C18H23N7O2/c1-4-24-11-20-22-17(24)14-10-25(7-8-26-14)15-9-13(5-6-19-15)18-21-16(12(2)3)23-27-18/h5-6,9,11-12,14H,4,7-8,10H2,1-3H3. The average Bonchev–Trinajstić information content (AvgIpc) is 3.38. The molecule has 0 amide bonds. The van der Waals surface area contributed by atoms with Crippen LogP contribution in [-0.4, -0.2) is 49.6 Å². The molecular formula is C18H23N7O2. The molecule has 0 bridgehead atoms. The Balaban J connectivity index is 1.56. The minimum atomic E-state index is -0.136. The molecule has 1 aliphatic heterocycles. The number of anilines is 1. The van der Waals surface area contributed by atoms with Gasteiger partial charge in [-0.25, -0.2) is 4.98 Å². The molecule has 1 unspecified atom stereocenters. The molecule has 4 heterocycles. The summed E-state index contributed by atoms with van der Waals surface area (Å²) < 4.78 is 13.3. The van der Waals surface area contributed by atoms with Crippen LogP contribution in [0.2, 0.25) is 0 Å². The van der Waals surface area contributed by atoms with Crippen molar-refractivity contribution in [3.05, 3.63) is 36.3 Å². The summed E-state index contributed by atoms with van der Waals surface area (Å²) in [5, 5.41) is 12.3. The first-order chi connectivity index (χ1) is 13.2. The summed E-state index contributed by atoms with van der Waals surface area (Å²) in [6.45, 7) is 8.97. The summed E-state index contributed by atoms with van der Waals surface area (Å²) in [5.41, 5.74) is 0.860. The van der Waals surface area contributed by atoms with Gasteiger partial charge in [0, 0.05) is 30.8 Å². The van der Waals surface area contributed by atoms with Gasteiger partial charge in [-0.3, -0.25) is 0 Å². The molecule has 27 heavy (non-hydrogen) atoms. The van der Waals surface area contributed by atoms with Crippen LogP contribution in [0.5, 0.6) is 0 Å². The lowest BCUT2D eigenvalue weighted by Crippen LogP contribution is -2.39. The highest BCUT2D eigenvalue weighted by atomic mass is 16.5. The van der Waals surface area contributed by atoms with Gasteiger partial charge in [0.25, 0.3) is 5.89 Å². The molecule has 3 aromatic heterocycles. The van der Waals surface area contributed by atoms with Crippen LogP contribution in [0, 0.1) is 0 Å². The largest absolute Gasteiger partial charge is 0.366 e. The molecular weight excluding hydrogens is 346 g/mol. The molecule has 9 nitrogen and oxygen atoms in total. The van der Waals surface area contributed by atoms with Crippen molar-refractivity contribution in [3.8, 4) is 11.5 Å². The van der Waals surface area contributed by atoms with E-state index in [0.717, 1.165) is 30.3 Å². The van der Waals surface area contributed by atoms with Crippen LogP contribution in [0.1, 0.15) is 44.4 Å². The van der Waals surface area contributed by atoms with Gasteiger partial charge in [-0.15, -0.1) is 10.2 Å². The fourth-order valence-corrected chi connectivity index (χ4v) is 3.08. The van der Waals surface area contributed by atoms with Gasteiger partial charge in [0.2, 0.25) is 0 Å². The van der Waals surface area contributed by atoms with E-state index >= 15 is 0 Å². The third kappa shape index (κ3) is 3.55. The first-order valence-corrected chi connectivity index (χ1v) is 9.20. The molecule has 1 atom stereocenters. The van der Waals surface area contributed by atoms with Crippen molar-refractivity contribution in [2.45, 2.75) is 39.3 Å². The van der Waals surface area contributed by atoms with Crippen molar-refractivity contribution < 1.29 is 9.26 Å². The van der Waals surface area contributed by atoms with Crippen molar-refractivity contribution >= 4 is 5.82 Å². The van der Waals surface area contributed by atoms with Crippen LogP contribution >= 0.6 is 0 Å². The zero-order valence-corrected chi connectivity index (χ0v) is 15.7. The minimum absolute atomic E-state index is 0.136. The normalized spacial score (nSPS) is 17.6. The highest BCUT2D eigenvalue weighted by Gasteiger charge is 2.27. The quantitative estimate of drug-likeness (QED) is 0.677. The summed E-state index contributed by atoms with van der Waals surface area (Å²) in [6.07, 6.45) is 3.36. The Bertz CT molecular complexity index is 905. The van der Waals surface area contributed by atoms with Crippen LogP contribution in [-0.2, 0) is 11.3 Å². The number of nitrogens with zero attached hydrogens (tertiary/aromatic N) is 7. The third-order valence-corrected chi connectivity index (χ3v) is 4.62. The molecule has 1 fully saturated rings. The predicted molar refractivity (Wildman–Crippen MR) is 98.2 cm³/mol. The number of hydrogen-bond acceptors (Lipinski definition) is 8. The fraction of sp³-hybridized carbons (Fsp3) is 0.500. The number of rotatable bonds is 5. The number of hydrogen-bond donors (Lipinski definition) is 0. The summed E-state index contributed by atoms with van der Waals surface area (Å²) in [7, 11) is 0. The molecule has 1 saturated heterocycles. The minimum Gasteiger partial charge on any atom is -0.366 e. The molecule has 0 aromatic carbocycles. The van der Waals surface area contributed by atoms with E-state index in [0.29, 0.717) is 24.9 Å². The Kier molecular flexibility index (Phi) is 4.85. The second-order valence-corrected chi connectivity index (χ2v) is 6.80. The van der Waals surface area contributed by atoms with Gasteiger partial charge in [-0.2, -0.15) is 4.98 Å². The van der Waals surface area contributed by atoms with E-state index in [9.17, 15) is 0 Å². The monoisotopic (exact) mass is 369 g/mol. The molecule has 142 valence electrons. The molecule has 1 aliphatic rings. The van der Waals surface area contributed by atoms with E-state index in [4.69, 9.17) is 9.26 Å². The molecule has 0 spiro atoms. The summed E-state index contributed by atoms with van der Waals surface area (Å²) in [5.74, 6) is 3.14. The molecule has 9 heteroatoms. The highest BCUT2D eigenvalue weighted by molar-refractivity contribution is 5.58. The average molecular weight is 369 g/mol. The lowest BCUT2D eigenvalue weighted by atomic mass is 10.2. The summed E-state index contributed by atoms with van der Waals surface area (Å²) in [4.78, 5) is 11.2. The highest BCUT2D eigenvalue weighted by Crippen LogP contribution is 2.27. The summed E-state index contributed by atoms with van der Waals surface area (Å²) >= 11 is 0. The first kappa shape index (κ1) is 17.6. The van der Waals surface area contributed by atoms with Crippen molar-refractivity contribution in [3.63, 3.8) is 0 Å². The maximum absolute atomic E-state index is 5.93. The number of aromatic nitrogens is 6. The van der Waals surface area contributed by atoms with Crippen LogP contribution < -0.4 is 4.90 Å². The summed E-state index contributed by atoms with van der Waals surface area (Å²) in [6, 6.07) is 3.86. The van der Waals surface area contributed by atoms with E-state index in [2.05, 4.69) is 37.1 Å². The molecule has 0 radical (unpaired) electrons. The van der Waals surface area contributed by atoms with E-state index in [1.165, 1.54) is 0 Å². The molecule has 3 aromatic rings. The van der Waals surface area contributed by atoms with Gasteiger partial charge in [0.05, 0.1) is 13.2 Å². The topological polar surface area (TPSA) is 95.0 Å². The van der Waals surface area contributed by atoms with Gasteiger partial charge in [-0.1, -0.05) is 19.0 Å². The van der Waals surface area contributed by atoms with Gasteiger partial charge in [0.1, 0.15) is 18.2 Å². The number of pyridine rings is 1. The maximum Gasteiger partial charge on any atom is 0.258 e. The van der Waals surface area contributed by atoms with Crippen molar-refractivity contribution in [2.24, 2.45) is 0 Å². The van der Waals surface area contributed by atoms with E-state index in [1.807, 2.05) is 30.5 Å². The zero-order chi connectivity index (χ0) is 18.8. The van der Waals surface area contributed by atoms with Gasteiger partial charge in [0.15, 0.2) is 11.6 Å². The number of ether oxygens (including phenoxy) is 1. The Morgan fingerprint density at radius 1 is 1.33 bits per heavy atom. The van der Waals surface area contributed by atoms with Crippen molar-refractivity contribution in [2.75, 3.05) is 24.6 Å². The smallest absolute Gasteiger partial charge is 0.258 e. The van der Waals surface area contributed by atoms with Crippen LogP contribution in [0.4, 0.5) is 5.82 Å². The number of aryl methyl sites for hydroxylation is 1. The van der Waals surface area contributed by atoms with Gasteiger partial charge < -0.3 is 18.7 Å². The van der Waals surface area contributed by atoms with E-state index in [1.54, 1.807) is 12.5 Å². The SMILES string of the molecule is CCn1cnnc1C1CN(c2cc(-c3nc(C(C)C)no3)ccn2)CCO1. The first-order valence-electron chi connectivity index (χ1n) is 9.20. The van der Waals surface area contributed by atoms with E-state index in [-0.39, 0.29) is 12.0 Å². The third-order valence-electron chi connectivity index (χ3n) is 4.62. The second-order valence-electron chi connectivity index (χ2n) is 6.80. The van der Waals surface area contributed by atoms with Crippen LogP contribution in [0.25, 0.3) is 11.5 Å². The second kappa shape index (κ2) is 7.43. The molecule has 0 saturated carbocycles. The van der Waals surface area contributed by atoms with Gasteiger partial charge in [-0.05, 0) is 19.1 Å². The van der Waals surface area contributed by atoms with Crippen LogP contribution in [0.3, 0.4) is 0 Å². The Hall–Kier alpha value is -2.81. The van der Waals surface area contributed by atoms with Crippen LogP contribution in [0.15, 0.2) is 29.2 Å². The predicted octanol–water partition coefficient (Wildman–Crippen LogP) is 2.44. The van der Waals surface area contributed by atoms with Crippen molar-refractivity contribution in [1.29, 1.82) is 0 Å². The fourth-order valence-electron chi connectivity index (χ4n) is 3.08. The number of morpholine rings is 1. The Labute approximate surface area is 157 Å². The maximum atomic E-state index is 5.93. The Morgan fingerprint density at radius 2 is 2.22 bits per heavy atom. The molecule has 0 aliphatic carbocycles. The van der Waals surface area contributed by atoms with Crippen molar-refractivity contribution in [1.82, 2.24) is 29.9 Å². The van der Waals surface area contributed by atoms with Gasteiger partial charge >= 0.3 is 0 Å². The lowest BCUT2D eigenvalue weighted by Gasteiger charge is -2.33.